The predicted molar refractivity (Wildman–Crippen MR) is 94.3 cm³/mol. The van der Waals surface area contributed by atoms with Gasteiger partial charge in [0.15, 0.2) is 5.13 Å². The highest BCUT2D eigenvalue weighted by Gasteiger charge is 2.09. The topological polar surface area (TPSA) is 68.3 Å². The van der Waals surface area contributed by atoms with E-state index in [-0.39, 0.29) is 18.3 Å². The maximum absolute atomic E-state index is 11.9. The van der Waals surface area contributed by atoms with Crippen molar-refractivity contribution in [3.05, 3.63) is 51.5 Å². The minimum atomic E-state index is -0.329. The molecule has 120 valence electrons. The lowest BCUT2D eigenvalue weighted by Gasteiger charge is -1.99. The van der Waals surface area contributed by atoms with E-state index in [1.807, 2.05) is 24.3 Å². The van der Waals surface area contributed by atoms with Crippen LogP contribution in [0, 0.1) is 0 Å². The molecule has 2 aromatic rings. The molecule has 0 aliphatic rings. The van der Waals surface area contributed by atoms with Crippen LogP contribution >= 0.6 is 27.3 Å². The van der Waals surface area contributed by atoms with Crippen molar-refractivity contribution in [3.63, 3.8) is 0 Å². The maximum Gasteiger partial charge on any atom is 0.311 e. The third kappa shape index (κ3) is 5.61. The minimum Gasteiger partial charge on any atom is -0.466 e. The second-order valence-electron chi connectivity index (χ2n) is 4.47. The molecule has 5 nitrogen and oxygen atoms in total. The molecule has 0 radical (unpaired) electrons. The van der Waals surface area contributed by atoms with E-state index in [0.717, 1.165) is 10.0 Å². The second kappa shape index (κ2) is 8.59. The van der Waals surface area contributed by atoms with Gasteiger partial charge in [-0.05, 0) is 24.6 Å². The summed E-state index contributed by atoms with van der Waals surface area (Å²) in [7, 11) is 0. The van der Waals surface area contributed by atoms with Gasteiger partial charge in [0.2, 0.25) is 5.91 Å². The molecule has 1 amide bonds. The van der Waals surface area contributed by atoms with Crippen molar-refractivity contribution in [2.75, 3.05) is 11.9 Å². The lowest BCUT2D eigenvalue weighted by atomic mass is 10.2. The summed E-state index contributed by atoms with van der Waals surface area (Å²) in [4.78, 5) is 27.5. The standard InChI is InChI=1S/C16H15BrN2O3S/c1-2-22-15(21)9-12-10-23-16(18-12)19-14(20)8-7-11-5-3-4-6-13(11)17/h3-8,10H,2,9H2,1H3,(H,18,19,20). The number of hydrogen-bond donors (Lipinski definition) is 1. The molecule has 7 heteroatoms. The Hall–Kier alpha value is -1.99. The number of carbonyl (C=O) groups is 2. The highest BCUT2D eigenvalue weighted by molar-refractivity contribution is 9.10. The molecular weight excluding hydrogens is 380 g/mol. The molecule has 0 saturated carbocycles. The van der Waals surface area contributed by atoms with E-state index in [4.69, 9.17) is 4.74 Å². The number of halogens is 1. The van der Waals surface area contributed by atoms with Gasteiger partial charge in [-0.2, -0.15) is 0 Å². The first-order chi connectivity index (χ1) is 11.1. The smallest absolute Gasteiger partial charge is 0.311 e. The van der Waals surface area contributed by atoms with Crippen LogP contribution in [-0.4, -0.2) is 23.5 Å². The lowest BCUT2D eigenvalue weighted by molar-refractivity contribution is -0.142. The van der Waals surface area contributed by atoms with Crippen LogP contribution < -0.4 is 5.32 Å². The summed E-state index contributed by atoms with van der Waals surface area (Å²) >= 11 is 4.68. The van der Waals surface area contributed by atoms with Crippen LogP contribution in [0.2, 0.25) is 0 Å². The Bertz CT molecular complexity index is 728. The van der Waals surface area contributed by atoms with Gasteiger partial charge in [-0.25, -0.2) is 4.98 Å². The highest BCUT2D eigenvalue weighted by atomic mass is 79.9. The third-order valence-electron chi connectivity index (χ3n) is 2.73. The van der Waals surface area contributed by atoms with Gasteiger partial charge in [0, 0.05) is 15.9 Å². The van der Waals surface area contributed by atoms with Crippen molar-refractivity contribution in [3.8, 4) is 0 Å². The number of thiazole rings is 1. The summed E-state index contributed by atoms with van der Waals surface area (Å²) in [5, 5.41) is 4.85. The van der Waals surface area contributed by atoms with E-state index in [1.165, 1.54) is 17.4 Å². The average Bonchev–Trinajstić information content (AvgIpc) is 2.93. The number of rotatable bonds is 6. The molecule has 0 spiro atoms. The van der Waals surface area contributed by atoms with Crippen LogP contribution in [0.4, 0.5) is 5.13 Å². The average molecular weight is 395 g/mol. The Labute approximate surface area is 146 Å². The molecule has 0 unspecified atom stereocenters. The quantitative estimate of drug-likeness (QED) is 0.599. The van der Waals surface area contributed by atoms with E-state index in [1.54, 1.807) is 18.4 Å². The SMILES string of the molecule is CCOC(=O)Cc1csc(NC(=O)C=Cc2ccccc2Br)n1. The molecule has 23 heavy (non-hydrogen) atoms. The molecular formula is C16H15BrN2O3S. The Kier molecular flexibility index (Phi) is 6.49. The van der Waals surface area contributed by atoms with Gasteiger partial charge in [-0.15, -0.1) is 11.3 Å². The number of nitrogens with one attached hydrogen (secondary N) is 1. The van der Waals surface area contributed by atoms with Gasteiger partial charge in [-0.1, -0.05) is 34.1 Å². The first kappa shape index (κ1) is 17.4. The van der Waals surface area contributed by atoms with Gasteiger partial charge >= 0.3 is 5.97 Å². The fourth-order valence-corrected chi connectivity index (χ4v) is 2.86. The zero-order chi connectivity index (χ0) is 16.7. The monoisotopic (exact) mass is 394 g/mol. The van der Waals surface area contributed by atoms with Crippen LogP contribution in [0.25, 0.3) is 6.08 Å². The Morgan fingerprint density at radius 2 is 2.17 bits per heavy atom. The van der Waals surface area contributed by atoms with Gasteiger partial charge in [-0.3, -0.25) is 14.9 Å². The molecule has 1 N–H and O–H groups in total. The van der Waals surface area contributed by atoms with Gasteiger partial charge in [0.25, 0.3) is 0 Å². The number of carbonyl (C=O) groups excluding carboxylic acids is 2. The van der Waals surface area contributed by atoms with Gasteiger partial charge in [0.05, 0.1) is 18.7 Å². The van der Waals surface area contributed by atoms with Crippen molar-refractivity contribution in [1.82, 2.24) is 4.98 Å². The van der Waals surface area contributed by atoms with Crippen molar-refractivity contribution < 1.29 is 14.3 Å². The number of amides is 1. The zero-order valence-corrected chi connectivity index (χ0v) is 14.8. The van der Waals surface area contributed by atoms with E-state index in [9.17, 15) is 9.59 Å². The molecule has 0 aliphatic heterocycles. The first-order valence-corrected chi connectivity index (χ1v) is 8.59. The number of esters is 1. The van der Waals surface area contributed by atoms with Crippen LogP contribution in [0.15, 0.2) is 40.2 Å². The predicted octanol–water partition coefficient (Wildman–Crippen LogP) is 3.66. The molecule has 1 aromatic heterocycles. The van der Waals surface area contributed by atoms with Gasteiger partial charge in [0.1, 0.15) is 0 Å². The van der Waals surface area contributed by atoms with Crippen molar-refractivity contribution in [2.24, 2.45) is 0 Å². The summed E-state index contributed by atoms with van der Waals surface area (Å²) in [5.41, 5.74) is 1.49. The summed E-state index contributed by atoms with van der Waals surface area (Å²) < 4.78 is 5.77. The molecule has 0 saturated heterocycles. The summed E-state index contributed by atoms with van der Waals surface area (Å²) in [5.74, 6) is -0.609. The lowest BCUT2D eigenvalue weighted by Crippen LogP contribution is -2.09. The van der Waals surface area contributed by atoms with Crippen molar-refractivity contribution in [1.29, 1.82) is 0 Å². The maximum atomic E-state index is 11.9. The van der Waals surface area contributed by atoms with E-state index >= 15 is 0 Å². The molecule has 0 aliphatic carbocycles. The Morgan fingerprint density at radius 3 is 2.91 bits per heavy atom. The van der Waals surface area contributed by atoms with Crippen LogP contribution in [-0.2, 0) is 20.7 Å². The summed E-state index contributed by atoms with van der Waals surface area (Å²) in [6.45, 7) is 2.09. The number of hydrogen-bond acceptors (Lipinski definition) is 5. The molecule has 1 heterocycles. The first-order valence-electron chi connectivity index (χ1n) is 6.92. The normalized spacial score (nSPS) is 10.7. The number of nitrogens with zero attached hydrogens (tertiary/aromatic N) is 1. The van der Waals surface area contributed by atoms with Gasteiger partial charge < -0.3 is 4.74 Å². The Morgan fingerprint density at radius 1 is 1.39 bits per heavy atom. The molecule has 0 atom stereocenters. The van der Waals surface area contributed by atoms with Crippen LogP contribution in [0.3, 0.4) is 0 Å². The summed E-state index contributed by atoms with van der Waals surface area (Å²) in [6, 6.07) is 7.60. The fraction of sp³-hybridized carbons (Fsp3) is 0.188. The third-order valence-corrected chi connectivity index (χ3v) is 4.26. The van der Waals surface area contributed by atoms with Crippen LogP contribution in [0.5, 0.6) is 0 Å². The number of ether oxygens (including phenoxy) is 1. The van der Waals surface area contributed by atoms with E-state index in [0.29, 0.717) is 17.4 Å². The molecule has 0 fully saturated rings. The highest BCUT2D eigenvalue weighted by Crippen LogP contribution is 2.18. The number of anilines is 1. The molecule has 2 rings (SSSR count). The van der Waals surface area contributed by atoms with Crippen molar-refractivity contribution in [2.45, 2.75) is 13.3 Å². The fourth-order valence-electron chi connectivity index (χ4n) is 1.73. The molecule has 0 bridgehead atoms. The zero-order valence-electron chi connectivity index (χ0n) is 12.4. The largest absolute Gasteiger partial charge is 0.466 e. The molecule has 1 aromatic carbocycles. The number of benzene rings is 1. The second-order valence-corrected chi connectivity index (χ2v) is 6.18. The number of aromatic nitrogens is 1. The Balaban J connectivity index is 1.92. The van der Waals surface area contributed by atoms with E-state index < -0.39 is 0 Å². The minimum absolute atomic E-state index is 0.104. The van der Waals surface area contributed by atoms with E-state index in [2.05, 4.69) is 26.2 Å². The van der Waals surface area contributed by atoms with Crippen molar-refractivity contribution >= 4 is 50.4 Å². The van der Waals surface area contributed by atoms with Crippen LogP contribution in [0.1, 0.15) is 18.2 Å². The summed E-state index contributed by atoms with van der Waals surface area (Å²) in [6.07, 6.45) is 3.26.